The van der Waals surface area contributed by atoms with E-state index in [1.54, 1.807) is 0 Å². The topological polar surface area (TPSA) is 57.5 Å². The van der Waals surface area contributed by atoms with Crippen molar-refractivity contribution in [2.24, 2.45) is 0 Å². The zero-order valence-electron chi connectivity index (χ0n) is 11.7. The van der Waals surface area contributed by atoms with Crippen LogP contribution in [-0.4, -0.2) is 36.9 Å². The van der Waals surface area contributed by atoms with Crippen LogP contribution >= 0.6 is 0 Å². The van der Waals surface area contributed by atoms with Gasteiger partial charge >= 0.3 is 18.1 Å². The van der Waals surface area contributed by atoms with Crippen molar-refractivity contribution in [3.8, 4) is 0 Å². The van der Waals surface area contributed by atoms with E-state index in [-0.39, 0.29) is 11.1 Å². The lowest BCUT2D eigenvalue weighted by Crippen LogP contribution is -2.34. The molecule has 2 rings (SSSR count). The van der Waals surface area contributed by atoms with Gasteiger partial charge in [-0.25, -0.2) is 9.59 Å². The van der Waals surface area contributed by atoms with Gasteiger partial charge < -0.3 is 14.0 Å². The summed E-state index contributed by atoms with van der Waals surface area (Å²) >= 11 is 0. The second kappa shape index (κ2) is 5.70. The minimum absolute atomic E-state index is 0.153. The van der Waals surface area contributed by atoms with Crippen LogP contribution in [0, 0.1) is 0 Å². The van der Waals surface area contributed by atoms with Crippen molar-refractivity contribution in [3.05, 3.63) is 36.0 Å². The summed E-state index contributed by atoms with van der Waals surface area (Å²) in [7, 11) is 2.09. The second-order valence-corrected chi connectivity index (χ2v) is 4.46. The Morgan fingerprint density at radius 2 is 1.82 bits per heavy atom. The minimum atomic E-state index is -4.81. The number of ether oxygens (including phenoxy) is 2. The molecule has 22 heavy (non-hydrogen) atoms. The number of alkyl halides is 3. The lowest BCUT2D eigenvalue weighted by molar-refractivity contribution is -0.190. The van der Waals surface area contributed by atoms with E-state index in [0.717, 1.165) is 17.9 Å². The number of halogens is 3. The van der Waals surface area contributed by atoms with Gasteiger partial charge in [-0.05, 0) is 24.3 Å². The van der Waals surface area contributed by atoms with Crippen molar-refractivity contribution in [2.45, 2.75) is 12.2 Å². The molecule has 8 heteroatoms. The van der Waals surface area contributed by atoms with Crippen LogP contribution in [0.15, 0.2) is 30.5 Å². The van der Waals surface area contributed by atoms with Crippen molar-refractivity contribution in [1.82, 2.24) is 4.57 Å². The Kier molecular flexibility index (Phi) is 4.11. The van der Waals surface area contributed by atoms with Crippen LogP contribution in [0.1, 0.15) is 16.4 Å². The van der Waals surface area contributed by atoms with E-state index >= 15 is 0 Å². The molecule has 0 N–H and O–H groups in total. The molecule has 0 amide bonds. The van der Waals surface area contributed by atoms with Gasteiger partial charge in [0.2, 0.25) is 6.04 Å². The summed E-state index contributed by atoms with van der Waals surface area (Å²) in [6.45, 7) is 0. The summed E-state index contributed by atoms with van der Waals surface area (Å²) in [6, 6.07) is 2.98. The molecule has 0 radical (unpaired) electrons. The average Bonchev–Trinajstić information content (AvgIpc) is 2.87. The van der Waals surface area contributed by atoms with E-state index < -0.39 is 24.2 Å². The predicted molar refractivity (Wildman–Crippen MR) is 70.4 cm³/mol. The molecule has 2 aromatic rings. The van der Waals surface area contributed by atoms with Crippen molar-refractivity contribution in [1.29, 1.82) is 0 Å². The van der Waals surface area contributed by atoms with Gasteiger partial charge in [-0.1, -0.05) is 0 Å². The largest absolute Gasteiger partial charge is 0.467 e. The zero-order chi connectivity index (χ0) is 16.5. The summed E-state index contributed by atoms with van der Waals surface area (Å²) in [5.74, 6) is -2.02. The number of hydrogen-bond donors (Lipinski definition) is 0. The first-order valence-electron chi connectivity index (χ1n) is 6.13. The van der Waals surface area contributed by atoms with Crippen LogP contribution < -0.4 is 0 Å². The van der Waals surface area contributed by atoms with Gasteiger partial charge in [0.25, 0.3) is 0 Å². The molecular weight excluding hydrogens is 303 g/mol. The highest BCUT2D eigenvalue weighted by Gasteiger charge is 2.47. The van der Waals surface area contributed by atoms with Crippen LogP contribution in [0.25, 0.3) is 10.9 Å². The molecule has 0 aliphatic carbocycles. The van der Waals surface area contributed by atoms with E-state index in [4.69, 9.17) is 0 Å². The molecule has 118 valence electrons. The van der Waals surface area contributed by atoms with E-state index in [9.17, 15) is 22.8 Å². The first kappa shape index (κ1) is 15.9. The standard InChI is InChI=1S/C14H12F3NO4/c1-21-12(19)9-3-4-10-8(7-9)5-6-18(10)11(13(20)22-2)14(15,16)17/h3-7,11H,1-2H3. The summed E-state index contributed by atoms with van der Waals surface area (Å²) in [4.78, 5) is 22.9. The van der Waals surface area contributed by atoms with Gasteiger partial charge in [-0.2, -0.15) is 13.2 Å². The number of carbonyl (C=O) groups excluding carboxylic acids is 2. The van der Waals surface area contributed by atoms with Crippen LogP contribution in [0.4, 0.5) is 13.2 Å². The fraction of sp³-hybridized carbons (Fsp3) is 0.286. The smallest absolute Gasteiger partial charge is 0.419 e. The number of esters is 2. The third-order valence-corrected chi connectivity index (χ3v) is 3.15. The van der Waals surface area contributed by atoms with E-state index in [1.165, 1.54) is 31.4 Å². The molecule has 1 aromatic carbocycles. The van der Waals surface area contributed by atoms with Gasteiger partial charge in [-0.3, -0.25) is 0 Å². The lowest BCUT2D eigenvalue weighted by atomic mass is 10.1. The fourth-order valence-electron chi connectivity index (χ4n) is 2.15. The van der Waals surface area contributed by atoms with Gasteiger partial charge in [0.05, 0.1) is 19.8 Å². The molecule has 0 spiro atoms. The molecule has 1 aromatic heterocycles. The van der Waals surface area contributed by atoms with Crippen LogP contribution in [0.5, 0.6) is 0 Å². The number of fused-ring (bicyclic) bond motifs is 1. The fourth-order valence-corrected chi connectivity index (χ4v) is 2.15. The SMILES string of the molecule is COC(=O)c1ccc2c(ccn2C(C(=O)OC)C(F)(F)F)c1. The predicted octanol–water partition coefficient (Wildman–Crippen LogP) is 2.70. The van der Waals surface area contributed by atoms with Gasteiger partial charge in [0, 0.05) is 17.1 Å². The molecule has 0 bridgehead atoms. The number of rotatable bonds is 3. The molecule has 1 atom stereocenters. The number of hydrogen-bond acceptors (Lipinski definition) is 4. The Morgan fingerprint density at radius 3 is 2.36 bits per heavy atom. The normalized spacial score (nSPS) is 13.0. The van der Waals surface area contributed by atoms with E-state index in [1.807, 2.05) is 0 Å². The molecule has 5 nitrogen and oxygen atoms in total. The Hall–Kier alpha value is -2.51. The number of nitrogens with zero attached hydrogens (tertiary/aromatic N) is 1. The summed E-state index contributed by atoms with van der Waals surface area (Å²) in [5.41, 5.74) is 0.356. The Balaban J connectivity index is 2.56. The minimum Gasteiger partial charge on any atom is -0.467 e. The number of methoxy groups -OCH3 is 2. The second-order valence-electron chi connectivity index (χ2n) is 4.46. The molecule has 1 heterocycles. The highest BCUT2D eigenvalue weighted by atomic mass is 19.4. The zero-order valence-corrected chi connectivity index (χ0v) is 11.7. The summed E-state index contributed by atoms with van der Waals surface area (Å²) in [6.07, 6.45) is -3.68. The maximum absolute atomic E-state index is 13.1. The Bertz CT molecular complexity index is 720. The summed E-state index contributed by atoms with van der Waals surface area (Å²) in [5, 5.41) is 0.376. The van der Waals surface area contributed by atoms with Crippen molar-refractivity contribution >= 4 is 22.8 Å². The molecule has 1 unspecified atom stereocenters. The van der Waals surface area contributed by atoms with Crippen LogP contribution in [0.3, 0.4) is 0 Å². The number of carbonyl (C=O) groups is 2. The Morgan fingerprint density at radius 1 is 1.14 bits per heavy atom. The van der Waals surface area contributed by atoms with Crippen molar-refractivity contribution < 1.29 is 32.2 Å². The van der Waals surface area contributed by atoms with Gasteiger partial charge in [-0.15, -0.1) is 0 Å². The van der Waals surface area contributed by atoms with Crippen LogP contribution in [-0.2, 0) is 14.3 Å². The highest BCUT2D eigenvalue weighted by molar-refractivity contribution is 5.95. The maximum Gasteiger partial charge on any atom is 0.419 e. The van der Waals surface area contributed by atoms with E-state index in [0.29, 0.717) is 5.39 Å². The van der Waals surface area contributed by atoms with Crippen LogP contribution in [0.2, 0.25) is 0 Å². The van der Waals surface area contributed by atoms with Gasteiger partial charge in [0.15, 0.2) is 0 Å². The molecule has 0 saturated carbocycles. The Labute approximate surface area is 123 Å². The van der Waals surface area contributed by atoms with Crippen molar-refractivity contribution in [2.75, 3.05) is 14.2 Å². The molecule has 0 aliphatic heterocycles. The molecule has 0 fully saturated rings. The summed E-state index contributed by atoms with van der Waals surface area (Å²) < 4.78 is 48.9. The average molecular weight is 315 g/mol. The first-order chi connectivity index (χ1) is 10.3. The third kappa shape index (κ3) is 2.76. The maximum atomic E-state index is 13.1. The third-order valence-electron chi connectivity index (χ3n) is 3.15. The van der Waals surface area contributed by atoms with E-state index in [2.05, 4.69) is 9.47 Å². The number of aromatic nitrogens is 1. The number of benzene rings is 1. The molecular formula is C14H12F3NO4. The monoisotopic (exact) mass is 315 g/mol. The molecule has 0 saturated heterocycles. The highest BCUT2D eigenvalue weighted by Crippen LogP contribution is 2.34. The van der Waals surface area contributed by atoms with Gasteiger partial charge in [0.1, 0.15) is 0 Å². The molecule has 0 aliphatic rings. The first-order valence-corrected chi connectivity index (χ1v) is 6.13. The lowest BCUT2D eigenvalue weighted by Gasteiger charge is -2.20. The quantitative estimate of drug-likeness (QED) is 0.817. The van der Waals surface area contributed by atoms with Crippen molar-refractivity contribution in [3.63, 3.8) is 0 Å².